The number of carbonyl (C=O) groups excluding carboxylic acids is 3. The molecular formula is C20H27N3O6. The number of hydrogen-bond donors (Lipinski definition) is 4. The first kappa shape index (κ1) is 21.2. The number of epoxide rings is 1. The van der Waals surface area contributed by atoms with Crippen LogP contribution in [-0.4, -0.2) is 58.6 Å². The lowest BCUT2D eigenvalue weighted by atomic mass is 9.91. The molecule has 3 rings (SSSR count). The molecule has 2 fully saturated rings. The number of aliphatic hydroxyl groups is 1. The lowest BCUT2D eigenvalue weighted by Crippen LogP contribution is -2.55. The van der Waals surface area contributed by atoms with E-state index in [0.717, 1.165) is 25.7 Å². The van der Waals surface area contributed by atoms with Gasteiger partial charge in [-0.15, -0.1) is 0 Å². The Kier molecular flexibility index (Phi) is 6.49. The normalized spacial score (nSPS) is 23.2. The predicted molar refractivity (Wildman–Crippen MR) is 103 cm³/mol. The summed E-state index contributed by atoms with van der Waals surface area (Å²) in [4.78, 5) is 51.5. The van der Waals surface area contributed by atoms with Gasteiger partial charge < -0.3 is 25.5 Å². The van der Waals surface area contributed by atoms with Crippen molar-refractivity contribution in [2.45, 2.75) is 56.7 Å². The van der Waals surface area contributed by atoms with Crippen molar-refractivity contribution in [3.8, 4) is 0 Å². The van der Waals surface area contributed by atoms with Crippen molar-refractivity contribution in [3.05, 3.63) is 34.2 Å². The number of carbonyl (C=O) groups is 3. The van der Waals surface area contributed by atoms with Gasteiger partial charge in [-0.2, -0.15) is 0 Å². The second-order valence-corrected chi connectivity index (χ2v) is 7.97. The predicted octanol–water partition coefficient (Wildman–Crippen LogP) is -0.111. The van der Waals surface area contributed by atoms with E-state index in [1.165, 1.54) is 18.2 Å². The number of hydrogen-bond acceptors (Lipinski definition) is 6. The van der Waals surface area contributed by atoms with Crippen LogP contribution in [0.5, 0.6) is 0 Å². The van der Waals surface area contributed by atoms with Crippen LogP contribution in [0.15, 0.2) is 23.0 Å². The smallest absolute Gasteiger partial charge is 0.268 e. The van der Waals surface area contributed by atoms with Gasteiger partial charge in [0.1, 0.15) is 17.3 Å². The minimum atomic E-state index is -1.25. The lowest BCUT2D eigenvalue weighted by molar-refractivity contribution is -0.132. The summed E-state index contributed by atoms with van der Waals surface area (Å²) < 4.78 is 5.25. The number of nitrogens with one attached hydrogen (secondary N) is 3. The molecule has 1 aliphatic carbocycles. The summed E-state index contributed by atoms with van der Waals surface area (Å²) in [5, 5.41) is 14.7. The second-order valence-electron chi connectivity index (χ2n) is 7.97. The molecule has 29 heavy (non-hydrogen) atoms. The van der Waals surface area contributed by atoms with Crippen LogP contribution in [0.1, 0.15) is 49.5 Å². The minimum Gasteiger partial charge on any atom is -0.394 e. The Morgan fingerprint density at radius 3 is 2.52 bits per heavy atom. The number of aromatic amines is 1. The van der Waals surface area contributed by atoms with Crippen molar-refractivity contribution >= 4 is 17.6 Å². The van der Waals surface area contributed by atoms with Gasteiger partial charge >= 0.3 is 0 Å². The molecule has 9 nitrogen and oxygen atoms in total. The molecule has 4 N–H and O–H groups in total. The summed E-state index contributed by atoms with van der Waals surface area (Å²) in [6, 6.07) is 2.07. The summed E-state index contributed by atoms with van der Waals surface area (Å²) in [7, 11) is 0. The maximum atomic E-state index is 12.8. The average Bonchev–Trinajstić information content (AvgIpc) is 3.24. The number of H-pyrrole nitrogens is 1. The largest absolute Gasteiger partial charge is 0.394 e. The molecule has 2 amide bonds. The summed E-state index contributed by atoms with van der Waals surface area (Å²) in [5.41, 5.74) is -1.36. The maximum Gasteiger partial charge on any atom is 0.268 e. The van der Waals surface area contributed by atoms with Crippen LogP contribution < -0.4 is 16.2 Å². The van der Waals surface area contributed by atoms with E-state index in [4.69, 9.17) is 4.74 Å². The number of Topliss-reactive ketones (excluding diaryl/α,β-unsaturated/α-hetero) is 1. The maximum absolute atomic E-state index is 12.8. The van der Waals surface area contributed by atoms with Crippen LogP contribution in [0.25, 0.3) is 0 Å². The molecule has 3 atom stereocenters. The Hall–Kier alpha value is -2.52. The van der Waals surface area contributed by atoms with Crippen molar-refractivity contribution in [2.24, 2.45) is 5.92 Å². The quantitative estimate of drug-likeness (QED) is 0.423. The van der Waals surface area contributed by atoms with Crippen LogP contribution in [-0.2, 0) is 14.3 Å². The highest BCUT2D eigenvalue weighted by molar-refractivity contribution is 5.99. The number of amides is 2. The highest BCUT2D eigenvalue weighted by Gasteiger charge is 2.50. The Labute approximate surface area is 168 Å². The molecule has 1 aromatic heterocycles. The van der Waals surface area contributed by atoms with Crippen molar-refractivity contribution < 1.29 is 24.2 Å². The van der Waals surface area contributed by atoms with E-state index in [1.54, 1.807) is 6.92 Å². The fourth-order valence-corrected chi connectivity index (χ4v) is 3.71. The summed E-state index contributed by atoms with van der Waals surface area (Å²) in [6.45, 7) is 1.37. The van der Waals surface area contributed by atoms with E-state index < -0.39 is 41.7 Å². The lowest BCUT2D eigenvalue weighted by Gasteiger charge is -2.25. The molecule has 1 saturated carbocycles. The Morgan fingerprint density at radius 1 is 1.24 bits per heavy atom. The zero-order chi connectivity index (χ0) is 21.0. The van der Waals surface area contributed by atoms with E-state index in [0.29, 0.717) is 18.9 Å². The molecule has 2 aliphatic rings. The number of pyridine rings is 1. The van der Waals surface area contributed by atoms with E-state index in [9.17, 15) is 24.3 Å². The third-order valence-corrected chi connectivity index (χ3v) is 5.59. The van der Waals surface area contributed by atoms with E-state index in [2.05, 4.69) is 15.6 Å². The van der Waals surface area contributed by atoms with Gasteiger partial charge in [-0.1, -0.05) is 31.7 Å². The fourth-order valence-electron chi connectivity index (χ4n) is 3.71. The van der Waals surface area contributed by atoms with Gasteiger partial charge in [0.2, 0.25) is 11.5 Å². The van der Waals surface area contributed by atoms with E-state index in [1.807, 2.05) is 0 Å². The molecule has 158 valence electrons. The van der Waals surface area contributed by atoms with Gasteiger partial charge in [-0.05, 0) is 25.3 Å². The van der Waals surface area contributed by atoms with Gasteiger partial charge in [-0.3, -0.25) is 19.2 Å². The molecular weight excluding hydrogens is 378 g/mol. The summed E-state index contributed by atoms with van der Waals surface area (Å²) in [5.74, 6) is -1.19. The zero-order valence-corrected chi connectivity index (χ0v) is 16.4. The zero-order valence-electron chi connectivity index (χ0n) is 16.4. The molecule has 0 unspecified atom stereocenters. The van der Waals surface area contributed by atoms with Crippen LogP contribution >= 0.6 is 0 Å². The molecule has 2 heterocycles. The third kappa shape index (κ3) is 5.30. The fraction of sp³-hybridized carbons (Fsp3) is 0.600. The first-order valence-corrected chi connectivity index (χ1v) is 9.92. The van der Waals surface area contributed by atoms with Crippen LogP contribution in [0, 0.1) is 5.92 Å². The summed E-state index contributed by atoms with van der Waals surface area (Å²) >= 11 is 0. The van der Waals surface area contributed by atoms with Gasteiger partial charge in [-0.25, -0.2) is 0 Å². The molecule has 0 aromatic carbocycles. The Morgan fingerprint density at radius 2 is 1.93 bits per heavy atom. The Bertz CT molecular complexity index is 826. The molecule has 9 heteroatoms. The highest BCUT2D eigenvalue weighted by Crippen LogP contribution is 2.33. The molecule has 1 aliphatic heterocycles. The van der Waals surface area contributed by atoms with Crippen molar-refractivity contribution in [2.75, 3.05) is 13.2 Å². The van der Waals surface area contributed by atoms with Gasteiger partial charge in [0.05, 0.1) is 19.3 Å². The molecule has 0 radical (unpaired) electrons. The van der Waals surface area contributed by atoms with Crippen LogP contribution in [0.4, 0.5) is 0 Å². The molecule has 1 aromatic rings. The summed E-state index contributed by atoms with van der Waals surface area (Å²) in [6.07, 6.45) is 4.76. The molecule has 1 saturated heterocycles. The number of ketones is 1. The monoisotopic (exact) mass is 405 g/mol. The van der Waals surface area contributed by atoms with Crippen LogP contribution in [0.2, 0.25) is 0 Å². The van der Waals surface area contributed by atoms with Gasteiger partial charge in [0, 0.05) is 6.07 Å². The molecule has 0 spiro atoms. The van der Waals surface area contributed by atoms with E-state index >= 15 is 0 Å². The first-order valence-electron chi connectivity index (χ1n) is 9.92. The highest BCUT2D eigenvalue weighted by atomic mass is 16.6. The van der Waals surface area contributed by atoms with E-state index in [-0.39, 0.29) is 11.5 Å². The number of aromatic nitrogens is 1. The van der Waals surface area contributed by atoms with Gasteiger partial charge in [0.25, 0.3) is 5.91 Å². The standard InChI is InChI=1S/C20H27N3O6/c1-20(11-29-20)17(26)14(9-12-5-2-3-6-12)22-19(28)15(10-24)23-18(27)13-7-4-8-16(25)21-13/h4,7-8,12,14-15,24H,2-3,5-6,9-11H2,1H3,(H,21,25)(H,22,28)(H,23,27)/t14-,15-,20-/m0/s1. The third-order valence-electron chi connectivity index (χ3n) is 5.59. The topological polar surface area (TPSA) is 141 Å². The number of ether oxygens (including phenoxy) is 1. The van der Waals surface area contributed by atoms with Crippen molar-refractivity contribution in [1.29, 1.82) is 0 Å². The van der Waals surface area contributed by atoms with Crippen molar-refractivity contribution in [3.63, 3.8) is 0 Å². The van der Waals surface area contributed by atoms with Crippen molar-refractivity contribution in [1.82, 2.24) is 15.6 Å². The second kappa shape index (κ2) is 8.87. The number of rotatable bonds is 9. The minimum absolute atomic E-state index is 0.0266. The van der Waals surface area contributed by atoms with Crippen LogP contribution in [0.3, 0.4) is 0 Å². The molecule has 0 bridgehead atoms. The first-order chi connectivity index (χ1) is 13.8. The SMILES string of the molecule is C[C@@]1(C(=O)[C@H](CC2CCCC2)NC(=O)[C@H](CO)NC(=O)c2cccc(=O)[nH]2)CO1. The van der Waals surface area contributed by atoms with Gasteiger partial charge in [0.15, 0.2) is 5.78 Å². The number of aliphatic hydroxyl groups excluding tert-OH is 1. The Balaban J connectivity index is 1.66. The average molecular weight is 405 g/mol.